The summed E-state index contributed by atoms with van der Waals surface area (Å²) < 4.78 is 0. The van der Waals surface area contributed by atoms with Crippen LogP contribution in [0.25, 0.3) is 0 Å². The Hall–Kier alpha value is -3.44. The van der Waals surface area contributed by atoms with Crippen LogP contribution in [0, 0.1) is 0 Å². The largest absolute Gasteiger partial charge is 0.480 e. The fraction of sp³-hybridized carbons (Fsp3) is 0.714. The SMILES string of the molecule is CCCCCCCCCCCCCCCC(=O)NCC(=O)NCC(=O)NCC(=O)N[C@@H](Cc1cnc[nH]1)C(=O)O. The highest BCUT2D eigenvalue weighted by molar-refractivity contribution is 5.91. The van der Waals surface area contributed by atoms with Crippen LogP contribution in [0.3, 0.4) is 0 Å². The Bertz CT molecular complexity index is 877. The van der Waals surface area contributed by atoms with Gasteiger partial charge in [-0.15, -0.1) is 0 Å². The number of imidazole rings is 1. The van der Waals surface area contributed by atoms with Gasteiger partial charge in [0.05, 0.1) is 26.0 Å². The van der Waals surface area contributed by atoms with E-state index in [1.165, 1.54) is 76.7 Å². The van der Waals surface area contributed by atoms with Gasteiger partial charge in [0.1, 0.15) is 6.04 Å². The molecular weight excluding hydrogens is 516 g/mol. The summed E-state index contributed by atoms with van der Waals surface area (Å²) in [6, 6.07) is -1.19. The third-order valence-electron chi connectivity index (χ3n) is 6.46. The minimum absolute atomic E-state index is 0.0101. The molecule has 40 heavy (non-hydrogen) atoms. The maximum atomic E-state index is 12.0. The number of unbranched alkanes of at least 4 members (excludes halogenated alkanes) is 12. The number of rotatable bonds is 24. The second kappa shape index (κ2) is 22.4. The molecule has 0 aliphatic rings. The molecule has 0 radical (unpaired) electrons. The van der Waals surface area contributed by atoms with Crippen LogP contribution in [0.5, 0.6) is 0 Å². The average molecular weight is 565 g/mol. The van der Waals surface area contributed by atoms with E-state index in [0.717, 1.165) is 19.3 Å². The maximum absolute atomic E-state index is 12.0. The van der Waals surface area contributed by atoms with Crippen molar-refractivity contribution in [2.24, 2.45) is 0 Å². The zero-order valence-corrected chi connectivity index (χ0v) is 23.9. The summed E-state index contributed by atoms with van der Waals surface area (Å²) in [6.07, 6.45) is 19.2. The molecule has 0 saturated carbocycles. The number of carboxylic acids is 1. The van der Waals surface area contributed by atoms with E-state index in [4.69, 9.17) is 0 Å². The Labute approximate surface area is 237 Å². The van der Waals surface area contributed by atoms with Crippen molar-refractivity contribution in [1.82, 2.24) is 31.2 Å². The van der Waals surface area contributed by atoms with Gasteiger partial charge in [-0.2, -0.15) is 0 Å². The lowest BCUT2D eigenvalue weighted by atomic mass is 10.0. The molecule has 4 amide bonds. The summed E-state index contributed by atoms with van der Waals surface area (Å²) in [5.41, 5.74) is 0.538. The summed E-state index contributed by atoms with van der Waals surface area (Å²) in [5, 5.41) is 18.8. The minimum Gasteiger partial charge on any atom is -0.480 e. The lowest BCUT2D eigenvalue weighted by molar-refractivity contribution is -0.141. The van der Waals surface area contributed by atoms with Crippen LogP contribution in [-0.2, 0) is 30.4 Å². The molecule has 1 atom stereocenters. The molecule has 0 spiro atoms. The number of hydrogen-bond acceptors (Lipinski definition) is 6. The van der Waals surface area contributed by atoms with E-state index in [-0.39, 0.29) is 25.4 Å². The number of nitrogens with zero attached hydrogens (tertiary/aromatic N) is 1. The van der Waals surface area contributed by atoms with Crippen molar-refractivity contribution >= 4 is 29.6 Å². The topological polar surface area (TPSA) is 182 Å². The van der Waals surface area contributed by atoms with Gasteiger partial charge < -0.3 is 31.4 Å². The molecule has 0 aromatic carbocycles. The number of aromatic amines is 1. The van der Waals surface area contributed by atoms with Gasteiger partial charge in [-0.25, -0.2) is 9.78 Å². The molecule has 12 heteroatoms. The minimum atomic E-state index is -1.22. The maximum Gasteiger partial charge on any atom is 0.326 e. The fourth-order valence-electron chi connectivity index (χ4n) is 4.11. The van der Waals surface area contributed by atoms with Crippen LogP contribution >= 0.6 is 0 Å². The van der Waals surface area contributed by atoms with Crippen LogP contribution < -0.4 is 21.3 Å². The van der Waals surface area contributed by atoms with E-state index in [1.807, 2.05) is 0 Å². The molecular formula is C28H48N6O6. The molecule has 1 aromatic rings. The van der Waals surface area contributed by atoms with Gasteiger partial charge in [0, 0.05) is 24.7 Å². The molecule has 0 bridgehead atoms. The van der Waals surface area contributed by atoms with Crippen molar-refractivity contribution in [2.75, 3.05) is 19.6 Å². The molecule has 0 saturated heterocycles. The zero-order chi connectivity index (χ0) is 29.4. The molecule has 12 nitrogen and oxygen atoms in total. The normalized spacial score (nSPS) is 11.4. The van der Waals surface area contributed by atoms with Gasteiger partial charge in [0.2, 0.25) is 23.6 Å². The Balaban J connectivity index is 2.01. The third kappa shape index (κ3) is 18.8. The standard InChI is InChI=1S/C28H48N6O6/c1-2-3-4-5-6-7-8-9-10-11-12-13-14-15-24(35)30-18-25(36)31-19-26(37)32-20-27(38)34-23(28(39)40)16-22-17-29-21-33-22/h17,21,23H,2-16,18-20H2,1H3,(H,29,33)(H,30,35)(H,31,36)(H,32,37)(H,34,38)(H,39,40)/t23-/m0/s1. The van der Waals surface area contributed by atoms with E-state index in [2.05, 4.69) is 38.2 Å². The first-order valence-corrected chi connectivity index (χ1v) is 14.6. The first-order valence-electron chi connectivity index (χ1n) is 14.6. The summed E-state index contributed by atoms with van der Waals surface area (Å²) >= 11 is 0. The third-order valence-corrected chi connectivity index (χ3v) is 6.46. The van der Waals surface area contributed by atoms with Crippen molar-refractivity contribution < 1.29 is 29.1 Å². The number of H-pyrrole nitrogens is 1. The van der Waals surface area contributed by atoms with E-state index in [9.17, 15) is 29.1 Å². The van der Waals surface area contributed by atoms with Gasteiger partial charge in [-0.3, -0.25) is 19.2 Å². The number of nitrogens with one attached hydrogen (secondary N) is 5. The van der Waals surface area contributed by atoms with Crippen LogP contribution in [0.4, 0.5) is 0 Å². The molecule has 1 heterocycles. The number of aliphatic carboxylic acids is 1. The van der Waals surface area contributed by atoms with Gasteiger partial charge >= 0.3 is 5.97 Å². The van der Waals surface area contributed by atoms with Crippen LogP contribution in [0.2, 0.25) is 0 Å². The first kappa shape index (κ1) is 34.6. The summed E-state index contributed by atoms with van der Waals surface area (Å²) in [5.74, 6) is -3.27. The molecule has 0 aliphatic heterocycles. The Morgan fingerprint density at radius 3 is 1.68 bits per heavy atom. The van der Waals surface area contributed by atoms with E-state index in [1.54, 1.807) is 0 Å². The summed E-state index contributed by atoms with van der Waals surface area (Å²) in [6.45, 7) is 1.17. The van der Waals surface area contributed by atoms with Crippen molar-refractivity contribution in [2.45, 2.75) is 109 Å². The van der Waals surface area contributed by atoms with Crippen molar-refractivity contribution in [3.63, 3.8) is 0 Å². The molecule has 226 valence electrons. The Morgan fingerprint density at radius 2 is 1.20 bits per heavy atom. The van der Waals surface area contributed by atoms with Gasteiger partial charge in [-0.1, -0.05) is 84.0 Å². The average Bonchev–Trinajstić information content (AvgIpc) is 3.45. The van der Waals surface area contributed by atoms with Crippen LogP contribution in [0.1, 0.15) is 103 Å². The van der Waals surface area contributed by atoms with Crippen LogP contribution in [-0.4, -0.2) is 70.3 Å². The number of hydrogen-bond donors (Lipinski definition) is 6. The first-order chi connectivity index (χ1) is 19.3. The predicted molar refractivity (Wildman–Crippen MR) is 151 cm³/mol. The Kier molecular flexibility index (Phi) is 19.4. The lowest BCUT2D eigenvalue weighted by Gasteiger charge is -2.14. The molecule has 1 aromatic heterocycles. The quantitative estimate of drug-likeness (QED) is 0.104. The smallest absolute Gasteiger partial charge is 0.326 e. The molecule has 1 rings (SSSR count). The second-order valence-electron chi connectivity index (χ2n) is 10.1. The zero-order valence-electron chi connectivity index (χ0n) is 23.9. The summed E-state index contributed by atoms with van der Waals surface area (Å²) in [7, 11) is 0. The van der Waals surface area contributed by atoms with Crippen molar-refractivity contribution in [3.8, 4) is 0 Å². The number of aromatic nitrogens is 2. The van der Waals surface area contributed by atoms with E-state index >= 15 is 0 Å². The number of amides is 4. The highest BCUT2D eigenvalue weighted by atomic mass is 16.4. The van der Waals surface area contributed by atoms with E-state index in [0.29, 0.717) is 12.1 Å². The fourth-order valence-corrected chi connectivity index (χ4v) is 4.11. The highest BCUT2D eigenvalue weighted by Crippen LogP contribution is 2.12. The molecule has 6 N–H and O–H groups in total. The van der Waals surface area contributed by atoms with Crippen LogP contribution in [0.15, 0.2) is 12.5 Å². The number of carboxylic acid groups (broad SMARTS) is 1. The van der Waals surface area contributed by atoms with E-state index < -0.39 is 36.3 Å². The highest BCUT2D eigenvalue weighted by Gasteiger charge is 2.21. The molecule has 0 aliphatic carbocycles. The monoisotopic (exact) mass is 564 g/mol. The number of carbonyl (C=O) groups excluding carboxylic acids is 4. The van der Waals surface area contributed by atoms with Crippen molar-refractivity contribution in [3.05, 3.63) is 18.2 Å². The summed E-state index contributed by atoms with van der Waals surface area (Å²) in [4.78, 5) is 65.6. The number of carbonyl (C=O) groups is 5. The van der Waals surface area contributed by atoms with Gasteiger partial charge in [-0.05, 0) is 6.42 Å². The lowest BCUT2D eigenvalue weighted by Crippen LogP contribution is -2.48. The molecule has 0 unspecified atom stereocenters. The van der Waals surface area contributed by atoms with Gasteiger partial charge in [0.25, 0.3) is 0 Å². The Morgan fingerprint density at radius 1 is 0.725 bits per heavy atom. The molecule has 0 fully saturated rings. The van der Waals surface area contributed by atoms with Gasteiger partial charge in [0.15, 0.2) is 0 Å². The second-order valence-corrected chi connectivity index (χ2v) is 10.1. The predicted octanol–water partition coefficient (Wildman–Crippen LogP) is 2.35. The van der Waals surface area contributed by atoms with Crippen molar-refractivity contribution in [1.29, 1.82) is 0 Å².